The zero-order valence-electron chi connectivity index (χ0n) is 8.02. The van der Waals surface area contributed by atoms with Crippen molar-refractivity contribution in [3.8, 4) is 0 Å². The van der Waals surface area contributed by atoms with Crippen LogP contribution in [0.15, 0.2) is 30.7 Å². The van der Waals surface area contributed by atoms with Crippen molar-refractivity contribution in [3.63, 3.8) is 0 Å². The molecule has 1 aromatic rings. The molecule has 0 fully saturated rings. The van der Waals surface area contributed by atoms with E-state index >= 15 is 0 Å². The third-order valence-corrected chi connectivity index (χ3v) is 1.68. The summed E-state index contributed by atoms with van der Waals surface area (Å²) in [6, 6.07) is 2.78. The molecular weight excluding hydrogens is 210 g/mol. The third-order valence-electron chi connectivity index (χ3n) is 1.68. The SMILES string of the molecule is N#[N+]/C=C(\O)c1ccnc(/C(O)=C/[N+]#N)c1. The molecule has 0 aliphatic rings. The Balaban J connectivity index is 3.16. The van der Waals surface area contributed by atoms with E-state index in [2.05, 4.69) is 14.9 Å². The molecule has 0 bridgehead atoms. The van der Waals surface area contributed by atoms with Gasteiger partial charge in [0, 0.05) is 11.8 Å². The van der Waals surface area contributed by atoms with E-state index in [1.54, 1.807) is 0 Å². The highest BCUT2D eigenvalue weighted by molar-refractivity contribution is 5.64. The van der Waals surface area contributed by atoms with Crippen LogP contribution in [0.5, 0.6) is 0 Å². The van der Waals surface area contributed by atoms with Crippen LogP contribution in [0.2, 0.25) is 0 Å². The third kappa shape index (κ3) is 2.53. The normalized spacial score (nSPS) is 11.6. The zero-order chi connectivity index (χ0) is 12.0. The van der Waals surface area contributed by atoms with Crippen LogP contribution in [0.4, 0.5) is 0 Å². The van der Waals surface area contributed by atoms with Crippen LogP contribution in [-0.4, -0.2) is 15.2 Å². The van der Waals surface area contributed by atoms with Gasteiger partial charge in [-0.05, 0) is 12.1 Å². The van der Waals surface area contributed by atoms with Gasteiger partial charge in [-0.15, -0.1) is 0 Å². The molecule has 1 heterocycles. The van der Waals surface area contributed by atoms with Gasteiger partial charge in [0.25, 0.3) is 0 Å². The molecule has 0 aliphatic heterocycles. The number of rotatable bonds is 2. The Bertz CT molecular complexity index is 490. The number of hydrogen-bond donors (Lipinski definition) is 2. The first-order valence-electron chi connectivity index (χ1n) is 4.12. The molecule has 0 unspecified atom stereocenters. The van der Waals surface area contributed by atoms with E-state index in [1.165, 1.54) is 18.3 Å². The predicted molar refractivity (Wildman–Crippen MR) is 55.6 cm³/mol. The lowest BCUT2D eigenvalue weighted by molar-refractivity contribution is 0.506. The van der Waals surface area contributed by atoms with Gasteiger partial charge in [0.15, 0.2) is 9.95 Å². The summed E-state index contributed by atoms with van der Waals surface area (Å²) in [5, 5.41) is 35.1. The first-order valence-corrected chi connectivity index (χ1v) is 4.12. The van der Waals surface area contributed by atoms with Gasteiger partial charge in [-0.1, -0.05) is 0 Å². The summed E-state index contributed by atoms with van der Waals surface area (Å²) in [6.07, 6.45) is 2.95. The summed E-state index contributed by atoms with van der Waals surface area (Å²) < 4.78 is 0. The standard InChI is InChI=1S/C9H5N5O2/c10-13-4-8(15)6-1-2-12-7(3-6)9(16)5-14-11/h1-5H/p+2/b8-4-,9-5-. The molecular formula is C9H7N5O2+2. The molecule has 16 heavy (non-hydrogen) atoms. The van der Waals surface area contributed by atoms with E-state index in [1.807, 2.05) is 0 Å². The summed E-state index contributed by atoms with van der Waals surface area (Å²) in [5.74, 6) is -0.655. The minimum Gasteiger partial charge on any atom is -0.501 e. The first kappa shape index (κ1) is 11.1. The number of nitrogens with zero attached hydrogens (tertiary/aromatic N) is 5. The van der Waals surface area contributed by atoms with Crippen LogP contribution in [0.25, 0.3) is 21.5 Å². The van der Waals surface area contributed by atoms with Crippen molar-refractivity contribution in [1.29, 1.82) is 10.8 Å². The Morgan fingerprint density at radius 1 is 1.19 bits per heavy atom. The summed E-state index contributed by atoms with van der Waals surface area (Å²) in [4.78, 5) is 9.07. The van der Waals surface area contributed by atoms with E-state index in [0.717, 1.165) is 12.4 Å². The second kappa shape index (κ2) is 5.08. The van der Waals surface area contributed by atoms with Crippen LogP contribution in [0, 0.1) is 10.8 Å². The van der Waals surface area contributed by atoms with Crippen LogP contribution >= 0.6 is 0 Å². The van der Waals surface area contributed by atoms with Crippen molar-refractivity contribution in [2.24, 2.45) is 0 Å². The minimum absolute atomic E-state index is 0.105. The second-order valence-electron chi connectivity index (χ2n) is 2.69. The molecule has 0 amide bonds. The monoisotopic (exact) mass is 217 g/mol. The molecule has 2 N–H and O–H groups in total. The Hall–Kier alpha value is -2.93. The zero-order valence-corrected chi connectivity index (χ0v) is 8.02. The van der Waals surface area contributed by atoms with Gasteiger partial charge in [0.1, 0.15) is 5.69 Å². The number of diazo groups is 2. The molecule has 7 nitrogen and oxygen atoms in total. The molecule has 7 heteroatoms. The lowest BCUT2D eigenvalue weighted by atomic mass is 10.2. The van der Waals surface area contributed by atoms with Crippen LogP contribution in [0.3, 0.4) is 0 Å². The molecule has 0 atom stereocenters. The van der Waals surface area contributed by atoms with E-state index in [0.29, 0.717) is 5.56 Å². The molecule has 1 rings (SSSR count). The molecule has 0 saturated carbocycles. The topological polar surface area (TPSA) is 110 Å². The average Bonchev–Trinajstić information content (AvgIpc) is 2.30. The number of hydrogen-bond acceptors (Lipinski definition) is 5. The van der Waals surface area contributed by atoms with Crippen molar-refractivity contribution in [2.75, 3.05) is 0 Å². The van der Waals surface area contributed by atoms with Crippen molar-refractivity contribution in [3.05, 3.63) is 51.9 Å². The van der Waals surface area contributed by atoms with Crippen LogP contribution < -0.4 is 0 Å². The largest absolute Gasteiger partial charge is 0.501 e. The molecule has 0 aromatic carbocycles. The minimum atomic E-state index is -0.363. The number of aliphatic hydroxyl groups excluding tert-OH is 2. The Morgan fingerprint density at radius 3 is 2.44 bits per heavy atom. The van der Waals surface area contributed by atoms with Gasteiger partial charge in [-0.25, -0.2) is 0 Å². The maximum atomic E-state index is 9.36. The highest BCUT2D eigenvalue weighted by Crippen LogP contribution is 2.15. The van der Waals surface area contributed by atoms with E-state index < -0.39 is 0 Å². The van der Waals surface area contributed by atoms with Crippen LogP contribution in [-0.2, 0) is 0 Å². The van der Waals surface area contributed by atoms with Crippen molar-refractivity contribution in [2.45, 2.75) is 0 Å². The van der Waals surface area contributed by atoms with Gasteiger partial charge in [0.2, 0.25) is 22.3 Å². The van der Waals surface area contributed by atoms with Gasteiger partial charge in [-0.3, -0.25) is 4.98 Å². The summed E-state index contributed by atoms with van der Waals surface area (Å²) in [7, 11) is 0. The van der Waals surface area contributed by atoms with Gasteiger partial charge < -0.3 is 10.2 Å². The molecule has 0 radical (unpaired) electrons. The molecule has 0 aliphatic carbocycles. The molecule has 0 saturated heterocycles. The smallest absolute Gasteiger partial charge is 0.393 e. The average molecular weight is 217 g/mol. The summed E-state index contributed by atoms with van der Waals surface area (Å²) in [6.45, 7) is 0. The maximum Gasteiger partial charge on any atom is 0.393 e. The fourth-order valence-electron chi connectivity index (χ4n) is 0.980. The number of aromatic nitrogens is 1. The Kier molecular flexibility index (Phi) is 3.54. The van der Waals surface area contributed by atoms with Gasteiger partial charge in [-0.2, -0.15) is 0 Å². The lowest BCUT2D eigenvalue weighted by Gasteiger charge is -1.98. The van der Waals surface area contributed by atoms with Gasteiger partial charge >= 0.3 is 12.4 Å². The highest BCUT2D eigenvalue weighted by Gasteiger charge is 2.10. The van der Waals surface area contributed by atoms with E-state index in [9.17, 15) is 10.2 Å². The quantitative estimate of drug-likeness (QED) is 0.584. The van der Waals surface area contributed by atoms with Crippen LogP contribution in [0.1, 0.15) is 11.3 Å². The molecule has 0 spiro atoms. The number of aliphatic hydroxyl groups is 2. The van der Waals surface area contributed by atoms with Crippen molar-refractivity contribution >= 4 is 11.5 Å². The van der Waals surface area contributed by atoms with E-state index in [-0.39, 0.29) is 17.2 Å². The maximum absolute atomic E-state index is 9.36. The lowest BCUT2D eigenvalue weighted by Crippen LogP contribution is -1.91. The number of pyridine rings is 1. The second-order valence-corrected chi connectivity index (χ2v) is 2.69. The summed E-state index contributed by atoms with van der Waals surface area (Å²) in [5.41, 5.74) is 0.397. The van der Waals surface area contributed by atoms with E-state index in [4.69, 9.17) is 10.8 Å². The van der Waals surface area contributed by atoms with Gasteiger partial charge in [0.05, 0.1) is 0 Å². The summed E-state index contributed by atoms with van der Waals surface area (Å²) >= 11 is 0. The fraction of sp³-hybridized carbons (Fsp3) is 0. The van der Waals surface area contributed by atoms with Crippen molar-refractivity contribution < 1.29 is 10.2 Å². The highest BCUT2D eigenvalue weighted by atomic mass is 16.3. The predicted octanol–water partition coefficient (Wildman–Crippen LogP) is 2.50. The molecule has 1 aromatic heterocycles. The molecule has 78 valence electrons. The fourth-order valence-corrected chi connectivity index (χ4v) is 0.980. The Morgan fingerprint density at radius 2 is 1.81 bits per heavy atom. The Labute approximate surface area is 90.2 Å². The van der Waals surface area contributed by atoms with Crippen molar-refractivity contribution in [1.82, 2.24) is 4.98 Å². The first-order chi connectivity index (χ1) is 7.69.